The van der Waals surface area contributed by atoms with Crippen LogP contribution >= 0.6 is 0 Å². The molecule has 2 nitrogen and oxygen atoms in total. The number of nitrogens with zero attached hydrogens (tertiary/aromatic N) is 2. The van der Waals surface area contributed by atoms with Crippen molar-refractivity contribution in [2.45, 2.75) is 39.5 Å². The molecule has 1 aromatic carbocycles. The monoisotopic (exact) mass is 232 g/mol. The molecule has 0 saturated carbocycles. The highest BCUT2D eigenvalue weighted by Crippen LogP contribution is 2.23. The van der Waals surface area contributed by atoms with Crippen molar-refractivity contribution in [3.05, 3.63) is 35.4 Å². The second kappa shape index (κ2) is 4.40. The van der Waals surface area contributed by atoms with Crippen molar-refractivity contribution in [1.82, 2.24) is 9.97 Å². The summed E-state index contributed by atoms with van der Waals surface area (Å²) in [6.07, 6.45) is 1.77. The molecule has 0 aliphatic carbocycles. The van der Waals surface area contributed by atoms with Gasteiger partial charge in [-0.3, -0.25) is 4.98 Å². The number of benzene rings is 1. The third kappa shape index (κ3) is 2.28. The summed E-state index contributed by atoms with van der Waals surface area (Å²) in [6.45, 7) is 8.05. The maximum Gasteiger partial charge on any atom is 0.128 e. The van der Waals surface area contributed by atoms with Crippen molar-refractivity contribution in [2.24, 2.45) is 0 Å². The Hall–Kier alpha value is -1.51. The van der Waals surface area contributed by atoms with Crippen LogP contribution in [0, 0.1) is 5.82 Å². The minimum Gasteiger partial charge on any atom is -0.253 e. The Bertz CT molecular complexity index is 547. The van der Waals surface area contributed by atoms with Gasteiger partial charge in [-0.1, -0.05) is 27.7 Å². The summed E-state index contributed by atoms with van der Waals surface area (Å²) in [7, 11) is 0. The zero-order valence-electron chi connectivity index (χ0n) is 10.7. The molecule has 0 spiro atoms. The lowest BCUT2D eigenvalue weighted by molar-refractivity contribution is 0.600. The fraction of sp³-hybridized carbons (Fsp3) is 0.429. The molecule has 2 rings (SSSR count). The first-order valence-corrected chi connectivity index (χ1v) is 5.95. The van der Waals surface area contributed by atoms with Gasteiger partial charge in [-0.25, -0.2) is 9.37 Å². The molecule has 0 radical (unpaired) electrons. The summed E-state index contributed by atoms with van der Waals surface area (Å²) in [5.41, 5.74) is 3.00. The van der Waals surface area contributed by atoms with Gasteiger partial charge in [-0.05, 0) is 23.5 Å². The van der Waals surface area contributed by atoms with Crippen LogP contribution in [0.2, 0.25) is 0 Å². The Morgan fingerprint density at radius 1 is 1.00 bits per heavy atom. The number of hydrogen-bond donors (Lipinski definition) is 0. The van der Waals surface area contributed by atoms with E-state index in [1.165, 1.54) is 6.07 Å². The fourth-order valence-corrected chi connectivity index (χ4v) is 1.78. The fourth-order valence-electron chi connectivity index (χ4n) is 1.78. The maximum absolute atomic E-state index is 13.8. The molecule has 90 valence electrons. The van der Waals surface area contributed by atoms with Crippen molar-refractivity contribution in [2.75, 3.05) is 0 Å². The van der Waals surface area contributed by atoms with Crippen LogP contribution in [0.5, 0.6) is 0 Å². The molecule has 1 heterocycles. The average molecular weight is 232 g/mol. The highest BCUT2D eigenvalue weighted by atomic mass is 19.1. The summed E-state index contributed by atoms with van der Waals surface area (Å²) in [4.78, 5) is 8.79. The first kappa shape index (κ1) is 12.0. The van der Waals surface area contributed by atoms with E-state index in [0.717, 1.165) is 11.2 Å². The molecule has 2 aromatic rings. The van der Waals surface area contributed by atoms with Crippen LogP contribution in [-0.2, 0) is 0 Å². The highest BCUT2D eigenvalue weighted by Gasteiger charge is 2.11. The van der Waals surface area contributed by atoms with Crippen molar-refractivity contribution < 1.29 is 4.39 Å². The lowest BCUT2D eigenvalue weighted by Crippen LogP contribution is -1.99. The Labute approximate surface area is 101 Å². The van der Waals surface area contributed by atoms with Gasteiger partial charge in [0.05, 0.1) is 16.7 Å². The van der Waals surface area contributed by atoms with Crippen LogP contribution in [0.3, 0.4) is 0 Å². The standard InChI is InChI=1S/C14H17FN2/c1-8(2)10-5-12-13(6-11(10)15)17-14(7-16-12)9(3)4/h5-9H,1-4H3. The van der Waals surface area contributed by atoms with E-state index >= 15 is 0 Å². The van der Waals surface area contributed by atoms with E-state index in [0.29, 0.717) is 17.0 Å². The molecular weight excluding hydrogens is 215 g/mol. The molecule has 0 saturated heterocycles. The average Bonchev–Trinajstić information content (AvgIpc) is 2.26. The number of fused-ring (bicyclic) bond motifs is 1. The Morgan fingerprint density at radius 2 is 1.71 bits per heavy atom. The zero-order valence-corrected chi connectivity index (χ0v) is 10.7. The molecule has 17 heavy (non-hydrogen) atoms. The van der Waals surface area contributed by atoms with Gasteiger partial charge in [0.15, 0.2) is 0 Å². The van der Waals surface area contributed by atoms with Crippen LogP contribution in [0.25, 0.3) is 11.0 Å². The van der Waals surface area contributed by atoms with E-state index in [9.17, 15) is 4.39 Å². The summed E-state index contributed by atoms with van der Waals surface area (Å²) in [5, 5.41) is 0. The first-order chi connectivity index (χ1) is 7.99. The predicted molar refractivity (Wildman–Crippen MR) is 67.7 cm³/mol. The quantitative estimate of drug-likeness (QED) is 0.781. The Morgan fingerprint density at radius 3 is 2.29 bits per heavy atom. The molecule has 0 aliphatic heterocycles. The van der Waals surface area contributed by atoms with E-state index in [1.807, 2.05) is 13.8 Å². The normalized spacial score (nSPS) is 11.7. The molecule has 1 aromatic heterocycles. The van der Waals surface area contributed by atoms with Gasteiger partial charge in [0.1, 0.15) is 5.82 Å². The highest BCUT2D eigenvalue weighted by molar-refractivity contribution is 5.75. The van der Waals surface area contributed by atoms with Gasteiger partial charge >= 0.3 is 0 Å². The van der Waals surface area contributed by atoms with E-state index in [1.54, 1.807) is 12.3 Å². The minimum absolute atomic E-state index is 0.158. The van der Waals surface area contributed by atoms with Gasteiger partial charge in [-0.2, -0.15) is 0 Å². The largest absolute Gasteiger partial charge is 0.253 e. The molecular formula is C14H17FN2. The lowest BCUT2D eigenvalue weighted by Gasteiger charge is -2.09. The number of hydrogen-bond acceptors (Lipinski definition) is 2. The number of rotatable bonds is 2. The second-order valence-electron chi connectivity index (χ2n) is 4.97. The molecule has 0 bridgehead atoms. The van der Waals surface area contributed by atoms with Crippen molar-refractivity contribution in [3.63, 3.8) is 0 Å². The summed E-state index contributed by atoms with van der Waals surface area (Å²) in [5.74, 6) is 0.272. The van der Waals surface area contributed by atoms with Crippen LogP contribution in [0.1, 0.15) is 50.8 Å². The van der Waals surface area contributed by atoms with Gasteiger partial charge in [0.25, 0.3) is 0 Å². The van der Waals surface area contributed by atoms with Gasteiger partial charge in [0, 0.05) is 12.3 Å². The van der Waals surface area contributed by atoms with Crippen LogP contribution in [0.15, 0.2) is 18.3 Å². The third-order valence-corrected chi connectivity index (χ3v) is 2.89. The summed E-state index contributed by atoms with van der Waals surface area (Å²) in [6, 6.07) is 3.29. The molecule has 0 aliphatic rings. The van der Waals surface area contributed by atoms with Crippen LogP contribution in [-0.4, -0.2) is 9.97 Å². The van der Waals surface area contributed by atoms with Gasteiger partial charge in [-0.15, -0.1) is 0 Å². The molecule has 0 unspecified atom stereocenters. The Balaban J connectivity index is 2.62. The smallest absolute Gasteiger partial charge is 0.128 e. The maximum atomic E-state index is 13.8. The van der Waals surface area contributed by atoms with E-state index in [4.69, 9.17) is 0 Å². The number of halogens is 1. The van der Waals surface area contributed by atoms with Gasteiger partial charge in [0.2, 0.25) is 0 Å². The third-order valence-electron chi connectivity index (χ3n) is 2.89. The Kier molecular flexibility index (Phi) is 3.09. The molecule has 0 atom stereocenters. The second-order valence-corrected chi connectivity index (χ2v) is 4.97. The summed E-state index contributed by atoms with van der Waals surface area (Å²) >= 11 is 0. The van der Waals surface area contributed by atoms with Crippen LogP contribution < -0.4 is 0 Å². The first-order valence-electron chi connectivity index (χ1n) is 5.95. The van der Waals surface area contributed by atoms with E-state index in [2.05, 4.69) is 23.8 Å². The van der Waals surface area contributed by atoms with Crippen molar-refractivity contribution in [3.8, 4) is 0 Å². The predicted octanol–water partition coefficient (Wildman–Crippen LogP) is 4.02. The molecule has 0 N–H and O–H groups in total. The molecule has 0 fully saturated rings. The van der Waals surface area contributed by atoms with Crippen molar-refractivity contribution >= 4 is 11.0 Å². The summed E-state index contributed by atoms with van der Waals surface area (Å²) < 4.78 is 13.8. The minimum atomic E-state index is -0.192. The molecule has 0 amide bonds. The van der Waals surface area contributed by atoms with Crippen LogP contribution in [0.4, 0.5) is 4.39 Å². The zero-order chi connectivity index (χ0) is 12.6. The lowest BCUT2D eigenvalue weighted by atomic mass is 10.0. The topological polar surface area (TPSA) is 25.8 Å². The number of aromatic nitrogens is 2. The van der Waals surface area contributed by atoms with Gasteiger partial charge < -0.3 is 0 Å². The SMILES string of the molecule is CC(C)c1cnc2cc(C(C)C)c(F)cc2n1. The molecule has 3 heteroatoms. The van der Waals surface area contributed by atoms with Crippen molar-refractivity contribution in [1.29, 1.82) is 0 Å². The van der Waals surface area contributed by atoms with E-state index < -0.39 is 0 Å². The van der Waals surface area contributed by atoms with E-state index in [-0.39, 0.29) is 11.7 Å².